The third-order valence-electron chi connectivity index (χ3n) is 4.08. The first-order chi connectivity index (χ1) is 14.1. The maximum absolute atomic E-state index is 12.3. The van der Waals surface area contributed by atoms with Crippen LogP contribution in [0.4, 0.5) is 0 Å². The van der Waals surface area contributed by atoms with E-state index < -0.39 is 5.91 Å². The first-order valence-electron chi connectivity index (χ1n) is 8.51. The van der Waals surface area contributed by atoms with Gasteiger partial charge in [0.1, 0.15) is 11.4 Å². The van der Waals surface area contributed by atoms with Gasteiger partial charge >= 0.3 is 0 Å². The van der Waals surface area contributed by atoms with Gasteiger partial charge in [0, 0.05) is 17.2 Å². The van der Waals surface area contributed by atoms with Crippen molar-refractivity contribution in [3.63, 3.8) is 0 Å². The van der Waals surface area contributed by atoms with Gasteiger partial charge in [-0.25, -0.2) is 5.43 Å². The monoisotopic (exact) mass is 414 g/mol. The van der Waals surface area contributed by atoms with Crippen molar-refractivity contribution in [2.75, 3.05) is 21.3 Å². The lowest BCUT2D eigenvalue weighted by Gasteiger charge is -2.11. The summed E-state index contributed by atoms with van der Waals surface area (Å²) < 4.78 is 15.8. The minimum absolute atomic E-state index is 0.247. The topological polar surface area (TPSA) is 97.8 Å². The second kappa shape index (κ2) is 9.11. The van der Waals surface area contributed by atoms with Crippen molar-refractivity contribution in [1.29, 1.82) is 0 Å². The smallest absolute Gasteiger partial charge is 0.289 e. The fourth-order valence-corrected chi connectivity index (χ4v) is 2.85. The van der Waals surface area contributed by atoms with Gasteiger partial charge in [0.05, 0.1) is 38.3 Å². The number of hydrogen-bond donors (Lipinski definition) is 2. The predicted molar refractivity (Wildman–Crippen MR) is 110 cm³/mol. The predicted octanol–water partition coefficient (Wildman–Crippen LogP) is 3.52. The van der Waals surface area contributed by atoms with Gasteiger partial charge in [-0.1, -0.05) is 29.8 Å². The highest BCUT2D eigenvalue weighted by atomic mass is 35.5. The number of nitrogens with zero attached hydrogens (tertiary/aromatic N) is 2. The molecule has 0 saturated carbocycles. The van der Waals surface area contributed by atoms with E-state index in [1.165, 1.54) is 27.5 Å². The largest absolute Gasteiger partial charge is 0.496 e. The molecule has 0 bridgehead atoms. The van der Waals surface area contributed by atoms with E-state index in [2.05, 4.69) is 20.7 Å². The van der Waals surface area contributed by atoms with Crippen molar-refractivity contribution in [3.05, 3.63) is 58.7 Å². The Kier molecular flexibility index (Phi) is 6.36. The number of ether oxygens (including phenoxy) is 3. The molecular formula is C20H19ClN4O4. The number of H-pyrrole nitrogens is 1. The molecule has 1 heterocycles. The first kappa shape index (κ1) is 20.2. The number of halogens is 1. The van der Waals surface area contributed by atoms with Crippen LogP contribution in [-0.4, -0.2) is 43.6 Å². The molecule has 29 heavy (non-hydrogen) atoms. The number of hydrazone groups is 1. The Balaban J connectivity index is 1.74. The Hall–Kier alpha value is -3.52. The van der Waals surface area contributed by atoms with E-state index in [1.54, 1.807) is 24.3 Å². The maximum Gasteiger partial charge on any atom is 0.289 e. The molecule has 150 valence electrons. The number of aromatic amines is 1. The zero-order valence-electron chi connectivity index (χ0n) is 16.0. The molecule has 0 unspecified atom stereocenters. The molecule has 0 aliphatic rings. The van der Waals surface area contributed by atoms with Gasteiger partial charge in [0.2, 0.25) is 0 Å². The van der Waals surface area contributed by atoms with Crippen molar-refractivity contribution in [3.8, 4) is 28.5 Å². The van der Waals surface area contributed by atoms with Gasteiger partial charge in [-0.3, -0.25) is 9.89 Å². The lowest BCUT2D eigenvalue weighted by molar-refractivity contribution is 0.0950. The zero-order chi connectivity index (χ0) is 20.8. The molecule has 0 spiro atoms. The number of methoxy groups -OCH3 is 3. The molecule has 0 aliphatic heterocycles. The van der Waals surface area contributed by atoms with Crippen molar-refractivity contribution in [1.82, 2.24) is 15.6 Å². The molecule has 3 rings (SSSR count). The number of carbonyl (C=O) groups excluding carboxylic acids is 1. The molecule has 0 aliphatic carbocycles. The Morgan fingerprint density at radius 1 is 1.07 bits per heavy atom. The van der Waals surface area contributed by atoms with E-state index in [1.807, 2.05) is 18.2 Å². The highest BCUT2D eigenvalue weighted by Gasteiger charge is 2.13. The highest BCUT2D eigenvalue weighted by Crippen LogP contribution is 2.33. The zero-order valence-corrected chi connectivity index (χ0v) is 16.8. The summed E-state index contributed by atoms with van der Waals surface area (Å²) in [6, 6.07) is 12.2. The van der Waals surface area contributed by atoms with Crippen molar-refractivity contribution in [2.45, 2.75) is 0 Å². The molecule has 0 saturated heterocycles. The quantitative estimate of drug-likeness (QED) is 0.455. The number of amides is 1. The fourth-order valence-electron chi connectivity index (χ4n) is 2.62. The molecule has 2 aromatic carbocycles. The summed E-state index contributed by atoms with van der Waals surface area (Å²) in [7, 11) is 4.59. The number of carbonyl (C=O) groups is 1. The van der Waals surface area contributed by atoms with Crippen LogP contribution < -0.4 is 19.6 Å². The minimum atomic E-state index is -0.452. The summed E-state index contributed by atoms with van der Waals surface area (Å²) in [6.07, 6.45) is 1.45. The van der Waals surface area contributed by atoms with Crippen molar-refractivity contribution in [2.24, 2.45) is 5.10 Å². The van der Waals surface area contributed by atoms with Gasteiger partial charge in [-0.05, 0) is 18.2 Å². The second-order valence-electron chi connectivity index (χ2n) is 5.79. The van der Waals surface area contributed by atoms with E-state index in [0.29, 0.717) is 33.5 Å². The van der Waals surface area contributed by atoms with Crippen LogP contribution in [0.2, 0.25) is 5.02 Å². The summed E-state index contributed by atoms with van der Waals surface area (Å²) in [5.41, 5.74) is 4.58. The average Bonchev–Trinajstić information content (AvgIpc) is 3.23. The third-order valence-corrected chi connectivity index (χ3v) is 4.41. The summed E-state index contributed by atoms with van der Waals surface area (Å²) in [5, 5.41) is 11.3. The average molecular weight is 415 g/mol. The van der Waals surface area contributed by atoms with Crippen molar-refractivity contribution < 1.29 is 19.0 Å². The Bertz CT molecular complexity index is 1050. The summed E-state index contributed by atoms with van der Waals surface area (Å²) in [6.45, 7) is 0. The van der Waals surface area contributed by atoms with E-state index >= 15 is 0 Å². The minimum Gasteiger partial charge on any atom is -0.496 e. The molecule has 1 amide bonds. The van der Waals surface area contributed by atoms with Gasteiger partial charge < -0.3 is 14.2 Å². The van der Waals surface area contributed by atoms with E-state index in [9.17, 15) is 4.79 Å². The summed E-state index contributed by atoms with van der Waals surface area (Å²) in [4.78, 5) is 12.3. The summed E-state index contributed by atoms with van der Waals surface area (Å²) in [5.74, 6) is 1.10. The number of nitrogens with one attached hydrogen (secondary N) is 2. The van der Waals surface area contributed by atoms with E-state index in [-0.39, 0.29) is 5.69 Å². The van der Waals surface area contributed by atoms with Gasteiger partial charge in [0.15, 0.2) is 11.5 Å². The molecule has 0 radical (unpaired) electrons. The number of benzene rings is 2. The molecule has 3 aromatic rings. The van der Waals surface area contributed by atoms with Crippen LogP contribution in [0.25, 0.3) is 11.3 Å². The van der Waals surface area contributed by atoms with E-state index in [0.717, 1.165) is 5.56 Å². The van der Waals surface area contributed by atoms with Crippen LogP contribution in [-0.2, 0) is 0 Å². The molecule has 0 fully saturated rings. The third kappa shape index (κ3) is 4.49. The normalized spacial score (nSPS) is 10.8. The van der Waals surface area contributed by atoms with Crippen molar-refractivity contribution >= 4 is 23.7 Å². The first-order valence-corrected chi connectivity index (χ1v) is 8.89. The van der Waals surface area contributed by atoms with Gasteiger partial charge in [-0.2, -0.15) is 10.2 Å². The lowest BCUT2D eigenvalue weighted by atomic mass is 10.1. The SMILES string of the molecule is COc1cc(OC)c(OC)cc1/C=N\NC(=O)c1cc(-c2ccccc2Cl)n[nH]1. The van der Waals surface area contributed by atoms with Gasteiger partial charge in [-0.15, -0.1) is 0 Å². The fraction of sp³-hybridized carbons (Fsp3) is 0.150. The summed E-state index contributed by atoms with van der Waals surface area (Å²) >= 11 is 6.16. The molecule has 1 aromatic heterocycles. The lowest BCUT2D eigenvalue weighted by Crippen LogP contribution is -2.18. The molecular weight excluding hydrogens is 396 g/mol. The Labute approximate surface area is 172 Å². The molecule has 8 nitrogen and oxygen atoms in total. The number of rotatable bonds is 7. The van der Waals surface area contributed by atoms with Gasteiger partial charge in [0.25, 0.3) is 5.91 Å². The van der Waals surface area contributed by atoms with Crippen LogP contribution >= 0.6 is 11.6 Å². The number of aromatic nitrogens is 2. The van der Waals surface area contributed by atoms with Crippen LogP contribution in [0.5, 0.6) is 17.2 Å². The molecule has 9 heteroatoms. The highest BCUT2D eigenvalue weighted by molar-refractivity contribution is 6.33. The standard InChI is InChI=1S/C20H19ClN4O4/c1-27-17-10-19(29-3)18(28-2)8-12(17)11-22-25-20(26)16-9-15(23-24-16)13-6-4-5-7-14(13)21/h4-11H,1-3H3,(H,23,24)(H,25,26)/b22-11-. The second-order valence-corrected chi connectivity index (χ2v) is 6.20. The van der Waals surface area contributed by atoms with Crippen LogP contribution in [0, 0.1) is 0 Å². The Morgan fingerprint density at radius 3 is 2.45 bits per heavy atom. The Morgan fingerprint density at radius 2 is 1.76 bits per heavy atom. The van der Waals surface area contributed by atoms with Crippen LogP contribution in [0.3, 0.4) is 0 Å². The van der Waals surface area contributed by atoms with Crippen LogP contribution in [0.15, 0.2) is 47.6 Å². The van der Waals surface area contributed by atoms with E-state index in [4.69, 9.17) is 25.8 Å². The number of hydrogen-bond acceptors (Lipinski definition) is 6. The molecule has 0 atom stereocenters. The van der Waals surface area contributed by atoms with Crippen LogP contribution in [0.1, 0.15) is 16.1 Å². The maximum atomic E-state index is 12.3. The molecule has 2 N–H and O–H groups in total.